The van der Waals surface area contributed by atoms with E-state index in [0.29, 0.717) is 16.9 Å². The molecule has 0 bridgehead atoms. The molecule has 1 aromatic carbocycles. The summed E-state index contributed by atoms with van der Waals surface area (Å²) in [5.41, 5.74) is 4.05. The van der Waals surface area contributed by atoms with Crippen molar-refractivity contribution >= 4 is 5.69 Å². The van der Waals surface area contributed by atoms with Gasteiger partial charge in [-0.3, -0.25) is 14.8 Å². The Labute approximate surface area is 104 Å². The third-order valence-corrected chi connectivity index (χ3v) is 3.06. The molecule has 0 aliphatic heterocycles. The Morgan fingerprint density at radius 3 is 2.28 bits per heavy atom. The monoisotopic (exact) mass is 245 g/mol. The summed E-state index contributed by atoms with van der Waals surface area (Å²) in [7, 11) is 1.65. The van der Waals surface area contributed by atoms with Crippen molar-refractivity contribution in [3.63, 3.8) is 0 Å². The SMILES string of the molecule is Cc1c(C)n(C)c(=O)n(Nc2ccccc2)c1=O. The van der Waals surface area contributed by atoms with Crippen LogP contribution in [0.2, 0.25) is 0 Å². The van der Waals surface area contributed by atoms with Gasteiger partial charge in [-0.15, -0.1) is 0 Å². The lowest BCUT2D eigenvalue weighted by Crippen LogP contribution is -2.44. The summed E-state index contributed by atoms with van der Waals surface area (Å²) < 4.78 is 2.48. The van der Waals surface area contributed by atoms with E-state index in [1.54, 1.807) is 33.0 Å². The molecule has 2 rings (SSSR count). The Bertz CT molecular complexity index is 647. The van der Waals surface area contributed by atoms with Crippen LogP contribution in [0, 0.1) is 13.8 Å². The molecule has 1 heterocycles. The first-order valence-electron chi connectivity index (χ1n) is 5.63. The van der Waals surface area contributed by atoms with Gasteiger partial charge in [-0.25, -0.2) is 4.79 Å². The van der Waals surface area contributed by atoms with Gasteiger partial charge in [0.1, 0.15) is 0 Å². The molecule has 5 nitrogen and oxygen atoms in total. The molecule has 2 aromatic rings. The van der Waals surface area contributed by atoms with Gasteiger partial charge in [0, 0.05) is 18.3 Å². The summed E-state index contributed by atoms with van der Waals surface area (Å²) in [6, 6.07) is 9.12. The summed E-state index contributed by atoms with van der Waals surface area (Å²) in [5.74, 6) is 0. The first-order chi connectivity index (χ1) is 8.52. The molecule has 0 aliphatic carbocycles. The van der Waals surface area contributed by atoms with Crippen molar-refractivity contribution in [3.8, 4) is 0 Å². The molecule has 0 saturated heterocycles. The molecule has 0 saturated carbocycles. The van der Waals surface area contributed by atoms with Crippen LogP contribution in [0.25, 0.3) is 0 Å². The average Bonchev–Trinajstić information content (AvgIpc) is 2.40. The maximum absolute atomic E-state index is 12.1. The van der Waals surface area contributed by atoms with Crippen LogP contribution < -0.4 is 16.7 Å². The average molecular weight is 245 g/mol. The minimum atomic E-state index is -0.382. The molecule has 0 fully saturated rings. The highest BCUT2D eigenvalue weighted by Crippen LogP contribution is 2.04. The Morgan fingerprint density at radius 2 is 1.67 bits per heavy atom. The standard InChI is InChI=1S/C13H15N3O2/c1-9-10(2)15(3)13(18)16(12(9)17)14-11-7-5-4-6-8-11/h4-8,14H,1-3H3. The van der Waals surface area contributed by atoms with Gasteiger partial charge in [0.25, 0.3) is 5.56 Å². The van der Waals surface area contributed by atoms with E-state index in [4.69, 9.17) is 0 Å². The van der Waals surface area contributed by atoms with Crippen molar-refractivity contribution in [2.45, 2.75) is 13.8 Å². The van der Waals surface area contributed by atoms with E-state index >= 15 is 0 Å². The van der Waals surface area contributed by atoms with Crippen molar-refractivity contribution in [1.29, 1.82) is 0 Å². The number of para-hydroxylation sites is 1. The highest BCUT2D eigenvalue weighted by Gasteiger charge is 2.10. The predicted octanol–water partition coefficient (Wildman–Crippen LogP) is 1.04. The summed E-state index contributed by atoms with van der Waals surface area (Å²) in [6.45, 7) is 3.46. The van der Waals surface area contributed by atoms with Gasteiger partial charge >= 0.3 is 5.69 Å². The van der Waals surface area contributed by atoms with Gasteiger partial charge in [0.05, 0.1) is 5.69 Å². The van der Waals surface area contributed by atoms with Crippen LogP contribution in [0.5, 0.6) is 0 Å². The molecule has 94 valence electrons. The van der Waals surface area contributed by atoms with Crippen LogP contribution in [-0.2, 0) is 7.05 Å². The lowest BCUT2D eigenvalue weighted by Gasteiger charge is -2.13. The smallest absolute Gasteiger partial charge is 0.299 e. The molecule has 5 heteroatoms. The lowest BCUT2D eigenvalue weighted by atomic mass is 10.2. The van der Waals surface area contributed by atoms with Crippen LogP contribution in [0.15, 0.2) is 39.9 Å². The number of hydrogen-bond donors (Lipinski definition) is 1. The van der Waals surface area contributed by atoms with Crippen LogP contribution in [-0.4, -0.2) is 9.24 Å². The minimum Gasteiger partial charge on any atom is -0.299 e. The van der Waals surface area contributed by atoms with Crippen LogP contribution >= 0.6 is 0 Å². The Balaban J connectivity index is 2.60. The van der Waals surface area contributed by atoms with E-state index in [1.807, 2.05) is 18.2 Å². The first-order valence-corrected chi connectivity index (χ1v) is 5.63. The summed E-state index contributed by atoms with van der Waals surface area (Å²) in [4.78, 5) is 24.1. The fourth-order valence-corrected chi connectivity index (χ4v) is 1.69. The van der Waals surface area contributed by atoms with E-state index in [0.717, 1.165) is 4.68 Å². The third kappa shape index (κ3) is 1.95. The zero-order valence-electron chi connectivity index (χ0n) is 10.6. The van der Waals surface area contributed by atoms with Gasteiger partial charge in [-0.2, -0.15) is 4.68 Å². The van der Waals surface area contributed by atoms with E-state index < -0.39 is 0 Å². The van der Waals surface area contributed by atoms with Gasteiger partial charge in [0.15, 0.2) is 0 Å². The van der Waals surface area contributed by atoms with Gasteiger partial charge in [-0.1, -0.05) is 18.2 Å². The second-order valence-electron chi connectivity index (χ2n) is 4.17. The highest BCUT2D eigenvalue weighted by atomic mass is 16.2. The fourth-order valence-electron chi connectivity index (χ4n) is 1.69. The lowest BCUT2D eigenvalue weighted by molar-refractivity contribution is 0.674. The van der Waals surface area contributed by atoms with Crippen LogP contribution in [0.3, 0.4) is 0 Å². The molecule has 1 aromatic heterocycles. The number of anilines is 1. The van der Waals surface area contributed by atoms with Crippen molar-refractivity contribution in [2.24, 2.45) is 7.05 Å². The van der Waals surface area contributed by atoms with Gasteiger partial charge < -0.3 is 0 Å². The number of nitrogens with zero attached hydrogens (tertiary/aromatic N) is 2. The predicted molar refractivity (Wildman–Crippen MR) is 70.9 cm³/mol. The van der Waals surface area contributed by atoms with E-state index in [2.05, 4.69) is 5.43 Å². The molecule has 0 aliphatic rings. The van der Waals surface area contributed by atoms with Gasteiger partial charge in [0.2, 0.25) is 0 Å². The fraction of sp³-hybridized carbons (Fsp3) is 0.231. The summed E-state index contributed by atoms with van der Waals surface area (Å²) >= 11 is 0. The van der Waals surface area contributed by atoms with E-state index in [1.165, 1.54) is 4.57 Å². The van der Waals surface area contributed by atoms with E-state index in [9.17, 15) is 9.59 Å². The zero-order chi connectivity index (χ0) is 13.3. The maximum Gasteiger partial charge on any atom is 0.350 e. The van der Waals surface area contributed by atoms with Crippen molar-refractivity contribution in [1.82, 2.24) is 9.24 Å². The first kappa shape index (κ1) is 12.2. The second kappa shape index (κ2) is 4.52. The molecule has 1 N–H and O–H groups in total. The molecule has 0 unspecified atom stereocenters. The normalized spacial score (nSPS) is 10.4. The van der Waals surface area contributed by atoms with Gasteiger partial charge in [-0.05, 0) is 26.0 Å². The molecule has 0 spiro atoms. The Morgan fingerprint density at radius 1 is 1.06 bits per heavy atom. The van der Waals surface area contributed by atoms with E-state index in [-0.39, 0.29) is 11.2 Å². The second-order valence-corrected chi connectivity index (χ2v) is 4.17. The largest absolute Gasteiger partial charge is 0.350 e. The zero-order valence-corrected chi connectivity index (χ0v) is 10.6. The van der Waals surface area contributed by atoms with Crippen molar-refractivity contribution in [2.75, 3.05) is 5.43 Å². The minimum absolute atomic E-state index is 0.320. The summed E-state index contributed by atoms with van der Waals surface area (Å²) in [5, 5.41) is 0. The molecule has 0 amide bonds. The quantitative estimate of drug-likeness (QED) is 0.860. The number of nitrogens with one attached hydrogen (secondary N) is 1. The topological polar surface area (TPSA) is 56.0 Å². The molecular weight excluding hydrogens is 230 g/mol. The van der Waals surface area contributed by atoms with Crippen molar-refractivity contribution < 1.29 is 0 Å². The third-order valence-electron chi connectivity index (χ3n) is 3.06. The Kier molecular flexibility index (Phi) is 3.06. The van der Waals surface area contributed by atoms with Crippen LogP contribution in [0.1, 0.15) is 11.3 Å². The number of hydrogen-bond acceptors (Lipinski definition) is 3. The maximum atomic E-state index is 12.1. The summed E-state index contributed by atoms with van der Waals surface area (Å²) in [6.07, 6.45) is 0. The number of benzene rings is 1. The highest BCUT2D eigenvalue weighted by molar-refractivity contribution is 5.42. The Hall–Kier alpha value is -2.30. The number of rotatable bonds is 2. The molecular formula is C13H15N3O2. The van der Waals surface area contributed by atoms with Crippen LogP contribution in [0.4, 0.5) is 5.69 Å². The molecule has 18 heavy (non-hydrogen) atoms. The molecule has 0 atom stereocenters. The van der Waals surface area contributed by atoms with Crippen molar-refractivity contribution in [3.05, 3.63) is 62.4 Å². The molecule has 0 radical (unpaired) electrons. The number of aromatic nitrogens is 2.